The summed E-state index contributed by atoms with van der Waals surface area (Å²) < 4.78 is 10.7. The van der Waals surface area contributed by atoms with Gasteiger partial charge in [-0.2, -0.15) is 0 Å². The van der Waals surface area contributed by atoms with Crippen molar-refractivity contribution in [3.63, 3.8) is 0 Å². The predicted molar refractivity (Wildman–Crippen MR) is 123 cm³/mol. The van der Waals surface area contributed by atoms with Crippen molar-refractivity contribution in [2.24, 2.45) is 0 Å². The predicted octanol–water partition coefficient (Wildman–Crippen LogP) is 3.52. The number of hydrogen-bond acceptors (Lipinski definition) is 5. The molecule has 0 bridgehead atoms. The second-order valence-corrected chi connectivity index (χ2v) is 8.10. The second kappa shape index (κ2) is 9.92. The zero-order chi connectivity index (χ0) is 21.6. The van der Waals surface area contributed by atoms with Crippen molar-refractivity contribution in [3.8, 4) is 11.5 Å². The number of para-hydroxylation sites is 1. The van der Waals surface area contributed by atoms with E-state index in [1.807, 2.05) is 11.0 Å². The number of carbonyl (C=O) groups excluding carboxylic acids is 1. The lowest BCUT2D eigenvalue weighted by atomic mass is 10.0. The maximum atomic E-state index is 13.0. The van der Waals surface area contributed by atoms with Gasteiger partial charge in [0.2, 0.25) is 0 Å². The van der Waals surface area contributed by atoms with Crippen LogP contribution in [0.25, 0.3) is 0 Å². The highest BCUT2D eigenvalue weighted by atomic mass is 16.5. The summed E-state index contributed by atoms with van der Waals surface area (Å²) in [5, 5.41) is 3.01. The Labute approximate surface area is 184 Å². The van der Waals surface area contributed by atoms with Crippen LogP contribution in [-0.4, -0.2) is 75.4 Å². The summed E-state index contributed by atoms with van der Waals surface area (Å²) in [5.41, 5.74) is 1.92. The number of urea groups is 1. The minimum absolute atomic E-state index is 0.0841. The fourth-order valence-electron chi connectivity index (χ4n) is 4.53. The molecule has 2 aromatic carbocycles. The highest BCUT2D eigenvalue weighted by Crippen LogP contribution is 2.29. The second-order valence-electron chi connectivity index (χ2n) is 8.10. The fourth-order valence-corrected chi connectivity index (χ4v) is 4.53. The topological polar surface area (TPSA) is 57.3 Å². The SMILES string of the molecule is COc1ccc(OC)c(NC(=O)N2CCC[C@H](N3CCN(c4ccccc4)CC3)C2)c1. The van der Waals surface area contributed by atoms with Crippen molar-refractivity contribution < 1.29 is 14.3 Å². The molecule has 0 radical (unpaired) electrons. The van der Waals surface area contributed by atoms with Gasteiger partial charge in [0.1, 0.15) is 11.5 Å². The molecule has 1 atom stereocenters. The molecule has 2 aliphatic heterocycles. The maximum absolute atomic E-state index is 13.0. The molecule has 0 aromatic heterocycles. The smallest absolute Gasteiger partial charge is 0.322 e. The Morgan fingerprint density at radius 3 is 2.45 bits per heavy atom. The average Bonchev–Trinajstić information content (AvgIpc) is 2.84. The molecule has 2 heterocycles. The number of benzene rings is 2. The van der Waals surface area contributed by atoms with Crippen LogP contribution in [0.3, 0.4) is 0 Å². The van der Waals surface area contributed by atoms with Gasteiger partial charge in [-0.1, -0.05) is 18.2 Å². The van der Waals surface area contributed by atoms with Gasteiger partial charge in [-0.05, 0) is 37.1 Å². The van der Waals surface area contributed by atoms with Crippen molar-refractivity contribution in [2.75, 3.05) is 63.7 Å². The number of methoxy groups -OCH3 is 2. The Morgan fingerprint density at radius 2 is 1.74 bits per heavy atom. The number of carbonyl (C=O) groups is 1. The van der Waals surface area contributed by atoms with Gasteiger partial charge in [0, 0.05) is 57.1 Å². The number of nitrogens with zero attached hydrogens (tertiary/aromatic N) is 3. The molecule has 1 N–H and O–H groups in total. The monoisotopic (exact) mass is 424 g/mol. The lowest BCUT2D eigenvalue weighted by Gasteiger charge is -2.43. The molecule has 31 heavy (non-hydrogen) atoms. The molecular formula is C24H32N4O3. The molecule has 7 heteroatoms. The molecular weight excluding hydrogens is 392 g/mol. The first-order chi connectivity index (χ1) is 15.2. The van der Waals surface area contributed by atoms with Crippen LogP contribution in [0, 0.1) is 0 Å². The third-order valence-electron chi connectivity index (χ3n) is 6.28. The first-order valence-corrected chi connectivity index (χ1v) is 11.0. The van der Waals surface area contributed by atoms with Crippen LogP contribution < -0.4 is 19.7 Å². The molecule has 0 aliphatic carbocycles. The maximum Gasteiger partial charge on any atom is 0.322 e. The van der Waals surface area contributed by atoms with E-state index in [4.69, 9.17) is 9.47 Å². The third-order valence-corrected chi connectivity index (χ3v) is 6.28. The van der Waals surface area contributed by atoms with E-state index < -0.39 is 0 Å². The van der Waals surface area contributed by atoms with Gasteiger partial charge in [0.25, 0.3) is 0 Å². The van der Waals surface area contributed by atoms with Crippen LogP contribution in [0.4, 0.5) is 16.2 Å². The number of nitrogens with one attached hydrogen (secondary N) is 1. The Hall–Kier alpha value is -2.93. The largest absolute Gasteiger partial charge is 0.497 e. The Kier molecular flexibility index (Phi) is 6.82. The van der Waals surface area contributed by atoms with E-state index in [0.717, 1.165) is 52.1 Å². The molecule has 0 spiro atoms. The zero-order valence-electron chi connectivity index (χ0n) is 18.4. The number of amides is 2. The van der Waals surface area contributed by atoms with Gasteiger partial charge in [0.05, 0.1) is 19.9 Å². The van der Waals surface area contributed by atoms with Crippen LogP contribution in [0.15, 0.2) is 48.5 Å². The number of anilines is 2. The van der Waals surface area contributed by atoms with E-state index in [1.165, 1.54) is 5.69 Å². The molecule has 7 nitrogen and oxygen atoms in total. The zero-order valence-corrected chi connectivity index (χ0v) is 18.4. The van der Waals surface area contributed by atoms with Crippen LogP contribution in [-0.2, 0) is 0 Å². The first kappa shape index (κ1) is 21.3. The summed E-state index contributed by atoms with van der Waals surface area (Å²) in [6.45, 7) is 5.63. The van der Waals surface area contributed by atoms with Crippen molar-refractivity contribution >= 4 is 17.4 Å². The molecule has 2 fully saturated rings. The van der Waals surface area contributed by atoms with E-state index in [1.54, 1.807) is 26.4 Å². The molecule has 2 aliphatic rings. The number of piperidine rings is 1. The Morgan fingerprint density at radius 1 is 0.968 bits per heavy atom. The van der Waals surface area contributed by atoms with E-state index in [0.29, 0.717) is 23.2 Å². The molecule has 2 amide bonds. The van der Waals surface area contributed by atoms with Crippen molar-refractivity contribution in [1.82, 2.24) is 9.80 Å². The molecule has 0 saturated carbocycles. The summed E-state index contributed by atoms with van der Waals surface area (Å²) >= 11 is 0. The number of piperazine rings is 1. The van der Waals surface area contributed by atoms with Crippen LogP contribution >= 0.6 is 0 Å². The highest BCUT2D eigenvalue weighted by Gasteiger charge is 2.30. The van der Waals surface area contributed by atoms with Gasteiger partial charge in [0.15, 0.2) is 0 Å². The summed E-state index contributed by atoms with van der Waals surface area (Å²) in [5.74, 6) is 1.31. The van der Waals surface area contributed by atoms with Gasteiger partial charge in [-0.25, -0.2) is 4.79 Å². The molecule has 4 rings (SSSR count). The summed E-state index contributed by atoms with van der Waals surface area (Å²) in [6.07, 6.45) is 2.16. The first-order valence-electron chi connectivity index (χ1n) is 11.0. The van der Waals surface area contributed by atoms with Crippen molar-refractivity contribution in [3.05, 3.63) is 48.5 Å². The molecule has 166 valence electrons. The lowest BCUT2D eigenvalue weighted by molar-refractivity contribution is 0.108. The van der Waals surface area contributed by atoms with Crippen LogP contribution in [0.2, 0.25) is 0 Å². The molecule has 2 saturated heterocycles. The summed E-state index contributed by atoms with van der Waals surface area (Å²) in [6, 6.07) is 16.3. The minimum atomic E-state index is -0.0841. The van der Waals surface area contributed by atoms with Gasteiger partial charge >= 0.3 is 6.03 Å². The number of rotatable bonds is 5. The Balaban J connectivity index is 1.34. The van der Waals surface area contributed by atoms with E-state index >= 15 is 0 Å². The third kappa shape index (κ3) is 5.05. The van der Waals surface area contributed by atoms with E-state index in [2.05, 4.69) is 45.4 Å². The van der Waals surface area contributed by atoms with Crippen molar-refractivity contribution in [2.45, 2.75) is 18.9 Å². The molecule has 2 aromatic rings. The Bertz CT molecular complexity index is 868. The highest BCUT2D eigenvalue weighted by molar-refractivity contribution is 5.91. The van der Waals surface area contributed by atoms with Crippen LogP contribution in [0.5, 0.6) is 11.5 Å². The summed E-state index contributed by atoms with van der Waals surface area (Å²) in [7, 11) is 3.21. The average molecular weight is 425 g/mol. The number of likely N-dealkylation sites (tertiary alicyclic amines) is 1. The quantitative estimate of drug-likeness (QED) is 0.796. The number of hydrogen-bond donors (Lipinski definition) is 1. The van der Waals surface area contributed by atoms with Gasteiger partial charge in [-0.15, -0.1) is 0 Å². The summed E-state index contributed by atoms with van der Waals surface area (Å²) in [4.78, 5) is 19.9. The van der Waals surface area contributed by atoms with Crippen molar-refractivity contribution in [1.29, 1.82) is 0 Å². The lowest BCUT2D eigenvalue weighted by Crippen LogP contribution is -2.56. The van der Waals surface area contributed by atoms with Gasteiger partial charge in [-0.3, -0.25) is 4.90 Å². The van der Waals surface area contributed by atoms with E-state index in [-0.39, 0.29) is 6.03 Å². The normalized spacial score (nSPS) is 19.7. The fraction of sp³-hybridized carbons (Fsp3) is 0.458. The standard InChI is InChI=1S/C24H32N4O3/c1-30-21-10-11-23(31-2)22(17-21)25-24(29)28-12-6-9-20(18-28)27-15-13-26(14-16-27)19-7-4-3-5-8-19/h3-5,7-8,10-11,17,20H,6,9,12-16,18H2,1-2H3,(H,25,29)/t20-/m0/s1. The van der Waals surface area contributed by atoms with Gasteiger partial charge < -0.3 is 24.6 Å². The van der Waals surface area contributed by atoms with Crippen LogP contribution in [0.1, 0.15) is 12.8 Å². The number of ether oxygens (including phenoxy) is 2. The minimum Gasteiger partial charge on any atom is -0.497 e. The van der Waals surface area contributed by atoms with E-state index in [9.17, 15) is 4.79 Å². The molecule has 0 unspecified atom stereocenters.